The van der Waals surface area contributed by atoms with E-state index in [-0.39, 0.29) is 5.92 Å². The van der Waals surface area contributed by atoms with Crippen molar-refractivity contribution in [3.05, 3.63) is 11.6 Å². The maximum atomic E-state index is 11.2. The van der Waals surface area contributed by atoms with Gasteiger partial charge in [-0.2, -0.15) is 0 Å². The van der Waals surface area contributed by atoms with Crippen molar-refractivity contribution in [1.29, 1.82) is 0 Å². The van der Waals surface area contributed by atoms with E-state index >= 15 is 0 Å². The largest absolute Gasteiger partial charge is 0.480 e. The minimum Gasteiger partial charge on any atom is -0.480 e. The highest BCUT2D eigenvalue weighted by Gasteiger charge is 2.30. The first-order valence-electron chi connectivity index (χ1n) is 5.72. The van der Waals surface area contributed by atoms with Crippen molar-refractivity contribution in [1.82, 2.24) is 14.8 Å². The lowest BCUT2D eigenvalue weighted by Gasteiger charge is -2.21. The summed E-state index contributed by atoms with van der Waals surface area (Å²) in [6.07, 6.45) is -0.158. The molecule has 3 unspecified atom stereocenters. The van der Waals surface area contributed by atoms with E-state index in [0.717, 1.165) is 6.42 Å². The predicted octanol–water partition coefficient (Wildman–Crippen LogP) is 1.11. The Kier molecular flexibility index (Phi) is 4.22. The fourth-order valence-corrected chi connectivity index (χ4v) is 1.78. The number of carboxylic acids is 1. The van der Waals surface area contributed by atoms with Gasteiger partial charge < -0.3 is 10.2 Å². The number of carboxylic acid groups (broad SMARTS) is 1. The Bertz CT molecular complexity index is 401. The quantitative estimate of drug-likeness (QED) is 0.806. The Balaban J connectivity index is 3.27. The van der Waals surface area contributed by atoms with Crippen LogP contribution in [-0.4, -0.2) is 37.1 Å². The van der Waals surface area contributed by atoms with E-state index in [1.54, 1.807) is 6.92 Å². The number of rotatable bonds is 5. The van der Waals surface area contributed by atoms with Crippen molar-refractivity contribution in [3.8, 4) is 0 Å². The van der Waals surface area contributed by atoms with E-state index in [1.807, 2.05) is 13.8 Å². The molecule has 0 aliphatic carbocycles. The second kappa shape index (κ2) is 5.27. The molecule has 1 aromatic rings. The fraction of sp³-hybridized carbons (Fsp3) is 0.727. The topological polar surface area (TPSA) is 88.2 Å². The predicted molar refractivity (Wildman–Crippen MR) is 61.8 cm³/mol. The van der Waals surface area contributed by atoms with Crippen molar-refractivity contribution < 1.29 is 15.0 Å². The van der Waals surface area contributed by atoms with Crippen LogP contribution in [0.5, 0.6) is 0 Å². The number of aliphatic carboxylic acids is 1. The molecule has 0 spiro atoms. The molecule has 1 heterocycles. The molecular weight excluding hydrogens is 222 g/mol. The molecule has 17 heavy (non-hydrogen) atoms. The van der Waals surface area contributed by atoms with Crippen molar-refractivity contribution in [2.75, 3.05) is 0 Å². The first-order chi connectivity index (χ1) is 7.90. The van der Waals surface area contributed by atoms with Gasteiger partial charge in [-0.3, -0.25) is 4.57 Å². The van der Waals surface area contributed by atoms with Crippen molar-refractivity contribution in [2.24, 2.45) is 0 Å². The van der Waals surface area contributed by atoms with Crippen LogP contribution in [0.4, 0.5) is 0 Å². The SMILES string of the molecule is CCC(C)c1nnc(C)n1C(C(=O)O)C(C)O. The molecule has 0 aliphatic rings. The Morgan fingerprint density at radius 3 is 2.41 bits per heavy atom. The van der Waals surface area contributed by atoms with Crippen LogP contribution < -0.4 is 0 Å². The normalized spacial score (nSPS) is 16.5. The van der Waals surface area contributed by atoms with Gasteiger partial charge in [0.15, 0.2) is 6.04 Å². The first-order valence-corrected chi connectivity index (χ1v) is 5.72. The van der Waals surface area contributed by atoms with Crippen LogP contribution in [0.2, 0.25) is 0 Å². The zero-order valence-corrected chi connectivity index (χ0v) is 10.6. The summed E-state index contributed by atoms with van der Waals surface area (Å²) >= 11 is 0. The van der Waals surface area contributed by atoms with Crippen LogP contribution in [0.15, 0.2) is 0 Å². The number of carbonyl (C=O) groups is 1. The summed E-state index contributed by atoms with van der Waals surface area (Å²) in [7, 11) is 0. The monoisotopic (exact) mass is 241 g/mol. The number of nitrogens with zero attached hydrogens (tertiary/aromatic N) is 3. The Labute approximate surface area is 100 Å². The molecule has 6 nitrogen and oxygen atoms in total. The molecule has 3 atom stereocenters. The van der Waals surface area contributed by atoms with E-state index in [2.05, 4.69) is 10.2 Å². The van der Waals surface area contributed by atoms with Gasteiger partial charge in [-0.1, -0.05) is 13.8 Å². The Morgan fingerprint density at radius 1 is 1.41 bits per heavy atom. The number of hydrogen-bond acceptors (Lipinski definition) is 4. The van der Waals surface area contributed by atoms with Gasteiger partial charge in [0.2, 0.25) is 0 Å². The molecule has 0 aromatic carbocycles. The van der Waals surface area contributed by atoms with Crippen molar-refractivity contribution >= 4 is 5.97 Å². The summed E-state index contributed by atoms with van der Waals surface area (Å²) in [5, 5.41) is 26.7. The van der Waals surface area contributed by atoms with Crippen LogP contribution in [0.1, 0.15) is 50.8 Å². The van der Waals surface area contributed by atoms with Gasteiger partial charge in [0.05, 0.1) is 6.10 Å². The van der Waals surface area contributed by atoms with Crippen LogP contribution in [0.3, 0.4) is 0 Å². The van der Waals surface area contributed by atoms with Gasteiger partial charge in [-0.25, -0.2) is 4.79 Å². The molecule has 96 valence electrons. The third-order valence-electron chi connectivity index (χ3n) is 2.93. The van der Waals surface area contributed by atoms with Gasteiger partial charge in [0.1, 0.15) is 11.6 Å². The van der Waals surface area contributed by atoms with Crippen LogP contribution >= 0.6 is 0 Å². The summed E-state index contributed by atoms with van der Waals surface area (Å²) in [5.74, 6) is 0.149. The molecule has 0 radical (unpaired) electrons. The zero-order chi connectivity index (χ0) is 13.2. The van der Waals surface area contributed by atoms with E-state index in [4.69, 9.17) is 0 Å². The van der Waals surface area contributed by atoms with E-state index in [1.165, 1.54) is 11.5 Å². The number of aliphatic hydroxyl groups is 1. The van der Waals surface area contributed by atoms with E-state index in [0.29, 0.717) is 11.6 Å². The fourth-order valence-electron chi connectivity index (χ4n) is 1.78. The number of aromatic nitrogens is 3. The molecule has 1 rings (SSSR count). The third-order valence-corrected chi connectivity index (χ3v) is 2.93. The standard InChI is InChI=1S/C11H19N3O3/c1-5-6(2)10-13-12-8(4)14(10)9(7(3)15)11(16)17/h6-7,9,15H,5H2,1-4H3,(H,16,17). The summed E-state index contributed by atoms with van der Waals surface area (Å²) < 4.78 is 1.52. The molecular formula is C11H19N3O3. The summed E-state index contributed by atoms with van der Waals surface area (Å²) in [5.41, 5.74) is 0. The number of aryl methyl sites for hydroxylation is 1. The lowest BCUT2D eigenvalue weighted by atomic mass is 10.1. The van der Waals surface area contributed by atoms with Gasteiger partial charge in [-0.15, -0.1) is 10.2 Å². The minimum atomic E-state index is -1.08. The van der Waals surface area contributed by atoms with Gasteiger partial charge in [0.25, 0.3) is 0 Å². The average Bonchev–Trinajstić information content (AvgIpc) is 2.59. The van der Waals surface area contributed by atoms with Crippen LogP contribution in [-0.2, 0) is 4.79 Å². The molecule has 0 saturated heterocycles. The lowest BCUT2D eigenvalue weighted by molar-refractivity contribution is -0.144. The van der Waals surface area contributed by atoms with Crippen molar-refractivity contribution in [2.45, 2.75) is 52.2 Å². The van der Waals surface area contributed by atoms with Gasteiger partial charge >= 0.3 is 5.97 Å². The summed E-state index contributed by atoms with van der Waals surface area (Å²) in [6.45, 7) is 7.11. The molecule has 0 saturated carbocycles. The Hall–Kier alpha value is -1.43. The van der Waals surface area contributed by atoms with Crippen LogP contribution in [0, 0.1) is 6.92 Å². The van der Waals surface area contributed by atoms with Gasteiger partial charge in [0, 0.05) is 5.92 Å². The maximum Gasteiger partial charge on any atom is 0.329 e. The number of hydrogen-bond donors (Lipinski definition) is 2. The summed E-state index contributed by atoms with van der Waals surface area (Å²) in [6, 6.07) is -1.03. The second-order valence-corrected chi connectivity index (χ2v) is 4.31. The highest BCUT2D eigenvalue weighted by molar-refractivity contribution is 5.72. The zero-order valence-electron chi connectivity index (χ0n) is 10.6. The molecule has 0 amide bonds. The average molecular weight is 241 g/mol. The molecule has 1 aromatic heterocycles. The lowest BCUT2D eigenvalue weighted by Crippen LogP contribution is -2.31. The summed E-state index contributed by atoms with van der Waals surface area (Å²) in [4.78, 5) is 11.2. The van der Waals surface area contributed by atoms with E-state index < -0.39 is 18.1 Å². The highest BCUT2D eigenvalue weighted by atomic mass is 16.4. The highest BCUT2D eigenvalue weighted by Crippen LogP contribution is 2.23. The van der Waals surface area contributed by atoms with Crippen LogP contribution in [0.25, 0.3) is 0 Å². The molecule has 0 aliphatic heterocycles. The third kappa shape index (κ3) is 2.63. The second-order valence-electron chi connectivity index (χ2n) is 4.31. The molecule has 6 heteroatoms. The smallest absolute Gasteiger partial charge is 0.329 e. The Morgan fingerprint density at radius 2 is 2.00 bits per heavy atom. The maximum absolute atomic E-state index is 11.2. The van der Waals surface area contributed by atoms with Crippen molar-refractivity contribution in [3.63, 3.8) is 0 Å². The molecule has 2 N–H and O–H groups in total. The van der Waals surface area contributed by atoms with Gasteiger partial charge in [-0.05, 0) is 20.3 Å². The van der Waals surface area contributed by atoms with E-state index in [9.17, 15) is 15.0 Å². The molecule has 0 bridgehead atoms. The minimum absolute atomic E-state index is 0.108. The number of aliphatic hydroxyl groups excluding tert-OH is 1. The first kappa shape index (κ1) is 13.6. The molecule has 0 fully saturated rings.